The molecule has 1 amide bonds. The lowest BCUT2D eigenvalue weighted by Gasteiger charge is -2.08. The number of carbonyl (C=O) groups excluding carboxylic acids is 1. The Hall–Kier alpha value is -1.55. The van der Waals surface area contributed by atoms with Gasteiger partial charge in [0.2, 0.25) is 5.91 Å². The largest absolute Gasteiger partial charge is 0.388 e. The lowest BCUT2D eigenvalue weighted by atomic mass is 10.2. The minimum atomic E-state index is -0.487. The Morgan fingerprint density at radius 2 is 1.79 bits per heavy atom. The molecular formula is C10H15N3O. The molecule has 76 valence electrons. The zero-order valence-electron chi connectivity index (χ0n) is 8.37. The summed E-state index contributed by atoms with van der Waals surface area (Å²) < 4.78 is 0. The van der Waals surface area contributed by atoms with Crippen molar-refractivity contribution in [3.63, 3.8) is 0 Å². The summed E-state index contributed by atoms with van der Waals surface area (Å²) in [7, 11) is 1.84. The van der Waals surface area contributed by atoms with Crippen molar-refractivity contribution in [3.8, 4) is 0 Å². The second-order valence-electron chi connectivity index (χ2n) is 3.11. The van der Waals surface area contributed by atoms with Gasteiger partial charge < -0.3 is 16.4 Å². The van der Waals surface area contributed by atoms with Crippen LogP contribution in [0.5, 0.6) is 0 Å². The molecule has 0 saturated heterocycles. The number of nitrogens with one attached hydrogen (secondary N) is 2. The van der Waals surface area contributed by atoms with Crippen molar-refractivity contribution in [2.75, 3.05) is 17.7 Å². The van der Waals surface area contributed by atoms with Crippen LogP contribution in [0.25, 0.3) is 0 Å². The van der Waals surface area contributed by atoms with Crippen LogP contribution < -0.4 is 16.4 Å². The van der Waals surface area contributed by atoms with Crippen molar-refractivity contribution < 1.29 is 4.79 Å². The van der Waals surface area contributed by atoms with Gasteiger partial charge in [-0.3, -0.25) is 4.79 Å². The minimum Gasteiger partial charge on any atom is -0.388 e. The van der Waals surface area contributed by atoms with E-state index < -0.39 is 6.04 Å². The highest BCUT2D eigenvalue weighted by molar-refractivity contribution is 5.94. The fraction of sp³-hybridized carbons (Fsp3) is 0.300. The number of rotatable bonds is 3. The molecule has 1 atom stereocenters. The van der Waals surface area contributed by atoms with Gasteiger partial charge in [-0.2, -0.15) is 0 Å². The van der Waals surface area contributed by atoms with Crippen molar-refractivity contribution in [2.24, 2.45) is 5.73 Å². The van der Waals surface area contributed by atoms with Gasteiger partial charge in [0.05, 0.1) is 6.04 Å². The molecule has 0 aliphatic rings. The molecular weight excluding hydrogens is 178 g/mol. The number of nitrogens with two attached hydrogens (primary N) is 1. The van der Waals surface area contributed by atoms with E-state index in [0.29, 0.717) is 0 Å². The molecule has 14 heavy (non-hydrogen) atoms. The third-order valence-corrected chi connectivity index (χ3v) is 1.85. The maximum atomic E-state index is 11.2. The van der Waals surface area contributed by atoms with Gasteiger partial charge in [0.25, 0.3) is 0 Å². The Kier molecular flexibility index (Phi) is 3.48. The molecule has 0 aliphatic carbocycles. The van der Waals surface area contributed by atoms with Crippen molar-refractivity contribution in [2.45, 2.75) is 13.0 Å². The maximum Gasteiger partial charge on any atom is 0.240 e. The SMILES string of the molecule is CNc1ccc(NC(=O)C(C)N)cc1. The summed E-state index contributed by atoms with van der Waals surface area (Å²) in [6, 6.07) is 6.94. The maximum absolute atomic E-state index is 11.2. The number of amides is 1. The molecule has 0 aliphatic heterocycles. The Morgan fingerprint density at radius 1 is 1.29 bits per heavy atom. The van der Waals surface area contributed by atoms with E-state index in [1.54, 1.807) is 6.92 Å². The average molecular weight is 193 g/mol. The van der Waals surface area contributed by atoms with Gasteiger partial charge in [0.15, 0.2) is 0 Å². The lowest BCUT2D eigenvalue weighted by molar-refractivity contribution is -0.117. The quantitative estimate of drug-likeness (QED) is 0.671. The van der Waals surface area contributed by atoms with Gasteiger partial charge in [0, 0.05) is 18.4 Å². The standard InChI is InChI=1S/C10H15N3O/c1-7(11)10(14)13-9-5-3-8(12-2)4-6-9/h3-7,12H,11H2,1-2H3,(H,13,14). The summed E-state index contributed by atoms with van der Waals surface area (Å²) in [5, 5.41) is 5.69. The Labute approximate surface area is 83.5 Å². The van der Waals surface area contributed by atoms with E-state index in [9.17, 15) is 4.79 Å². The van der Waals surface area contributed by atoms with Crippen LogP contribution in [0.1, 0.15) is 6.92 Å². The van der Waals surface area contributed by atoms with Gasteiger partial charge >= 0.3 is 0 Å². The molecule has 0 radical (unpaired) electrons. The topological polar surface area (TPSA) is 67.1 Å². The first-order chi connectivity index (χ1) is 6.63. The zero-order chi connectivity index (χ0) is 10.6. The van der Waals surface area contributed by atoms with E-state index in [1.807, 2.05) is 31.3 Å². The molecule has 0 fully saturated rings. The summed E-state index contributed by atoms with van der Waals surface area (Å²) in [4.78, 5) is 11.2. The van der Waals surface area contributed by atoms with E-state index in [0.717, 1.165) is 11.4 Å². The van der Waals surface area contributed by atoms with E-state index in [1.165, 1.54) is 0 Å². The molecule has 0 heterocycles. The molecule has 1 aromatic rings. The van der Waals surface area contributed by atoms with Gasteiger partial charge in [-0.15, -0.1) is 0 Å². The fourth-order valence-corrected chi connectivity index (χ4v) is 0.976. The molecule has 4 heteroatoms. The highest BCUT2D eigenvalue weighted by Gasteiger charge is 2.06. The molecule has 1 rings (SSSR count). The van der Waals surface area contributed by atoms with Crippen LogP contribution in [-0.2, 0) is 4.79 Å². The normalized spacial score (nSPS) is 11.9. The second kappa shape index (κ2) is 4.62. The van der Waals surface area contributed by atoms with Crippen LogP contribution in [0, 0.1) is 0 Å². The summed E-state index contributed by atoms with van der Waals surface area (Å²) in [6.45, 7) is 1.65. The zero-order valence-corrected chi connectivity index (χ0v) is 8.37. The first kappa shape index (κ1) is 10.5. The van der Waals surface area contributed by atoms with Crippen molar-refractivity contribution in [1.29, 1.82) is 0 Å². The Balaban J connectivity index is 2.64. The number of hydrogen-bond acceptors (Lipinski definition) is 3. The highest BCUT2D eigenvalue weighted by Crippen LogP contribution is 2.12. The monoisotopic (exact) mass is 193 g/mol. The number of carbonyl (C=O) groups is 1. The third-order valence-electron chi connectivity index (χ3n) is 1.85. The van der Waals surface area contributed by atoms with Crippen LogP contribution in [0.2, 0.25) is 0 Å². The van der Waals surface area contributed by atoms with Crippen molar-refractivity contribution in [1.82, 2.24) is 0 Å². The number of benzene rings is 1. The summed E-state index contributed by atoms with van der Waals surface area (Å²) in [5.41, 5.74) is 7.17. The first-order valence-corrected chi connectivity index (χ1v) is 4.47. The molecule has 4 N–H and O–H groups in total. The molecule has 0 bridgehead atoms. The first-order valence-electron chi connectivity index (χ1n) is 4.47. The molecule has 1 unspecified atom stereocenters. The van der Waals surface area contributed by atoms with Crippen LogP contribution in [0.3, 0.4) is 0 Å². The Bertz CT molecular complexity index is 306. The molecule has 0 aromatic heterocycles. The van der Waals surface area contributed by atoms with Crippen LogP contribution in [0.4, 0.5) is 11.4 Å². The average Bonchev–Trinajstić information content (AvgIpc) is 2.19. The lowest BCUT2D eigenvalue weighted by Crippen LogP contribution is -2.32. The van der Waals surface area contributed by atoms with Gasteiger partial charge in [-0.1, -0.05) is 0 Å². The van der Waals surface area contributed by atoms with E-state index in [2.05, 4.69) is 10.6 Å². The van der Waals surface area contributed by atoms with Crippen LogP contribution in [-0.4, -0.2) is 19.0 Å². The smallest absolute Gasteiger partial charge is 0.240 e. The van der Waals surface area contributed by atoms with E-state index >= 15 is 0 Å². The van der Waals surface area contributed by atoms with Crippen molar-refractivity contribution in [3.05, 3.63) is 24.3 Å². The fourth-order valence-electron chi connectivity index (χ4n) is 0.976. The number of hydrogen-bond donors (Lipinski definition) is 3. The minimum absolute atomic E-state index is 0.179. The van der Waals surface area contributed by atoms with Crippen molar-refractivity contribution >= 4 is 17.3 Å². The van der Waals surface area contributed by atoms with Crippen LogP contribution in [0.15, 0.2) is 24.3 Å². The second-order valence-corrected chi connectivity index (χ2v) is 3.11. The molecule has 0 saturated carbocycles. The predicted molar refractivity (Wildman–Crippen MR) is 58.3 cm³/mol. The molecule has 1 aromatic carbocycles. The predicted octanol–water partition coefficient (Wildman–Crippen LogP) is 1.01. The van der Waals surface area contributed by atoms with E-state index in [4.69, 9.17) is 5.73 Å². The molecule has 4 nitrogen and oxygen atoms in total. The van der Waals surface area contributed by atoms with Crippen LogP contribution >= 0.6 is 0 Å². The highest BCUT2D eigenvalue weighted by atomic mass is 16.2. The van der Waals surface area contributed by atoms with Gasteiger partial charge in [0.1, 0.15) is 0 Å². The molecule has 0 spiro atoms. The summed E-state index contributed by atoms with van der Waals surface area (Å²) in [5.74, 6) is -0.179. The van der Waals surface area contributed by atoms with E-state index in [-0.39, 0.29) is 5.91 Å². The summed E-state index contributed by atoms with van der Waals surface area (Å²) in [6.07, 6.45) is 0. The third kappa shape index (κ3) is 2.74. The van der Waals surface area contributed by atoms with Gasteiger partial charge in [-0.25, -0.2) is 0 Å². The van der Waals surface area contributed by atoms with Gasteiger partial charge in [-0.05, 0) is 31.2 Å². The summed E-state index contributed by atoms with van der Waals surface area (Å²) >= 11 is 0. The Morgan fingerprint density at radius 3 is 2.21 bits per heavy atom. The number of anilines is 2.